The van der Waals surface area contributed by atoms with Crippen molar-refractivity contribution in [2.24, 2.45) is 23.7 Å². The lowest BCUT2D eigenvalue weighted by Gasteiger charge is -2.28. The quantitative estimate of drug-likeness (QED) is 0.512. The topological polar surface area (TPSA) is 77.5 Å². The van der Waals surface area contributed by atoms with Gasteiger partial charge in [0.15, 0.2) is 0 Å². The first kappa shape index (κ1) is 15.3. The van der Waals surface area contributed by atoms with Crippen molar-refractivity contribution in [3.63, 3.8) is 0 Å². The van der Waals surface area contributed by atoms with Crippen LogP contribution >= 0.6 is 31.9 Å². The summed E-state index contributed by atoms with van der Waals surface area (Å²) in [4.78, 5) is 38.0. The lowest BCUT2D eigenvalue weighted by atomic mass is 9.81. The Morgan fingerprint density at radius 2 is 1.48 bits per heavy atom. The van der Waals surface area contributed by atoms with Crippen LogP contribution in [0, 0.1) is 23.7 Å². The van der Waals surface area contributed by atoms with Gasteiger partial charge in [-0.3, -0.25) is 14.5 Å². The number of amides is 2. The number of carbonyl (C=O) groups excluding carboxylic acids is 3. The molecule has 2 amide bonds. The molecule has 120 valence electrons. The molecule has 6 atom stereocenters. The Labute approximate surface area is 149 Å². The second-order valence-corrected chi connectivity index (χ2v) is 8.46. The first-order valence-corrected chi connectivity index (χ1v) is 9.22. The molecule has 4 rings (SSSR count). The molecule has 2 saturated carbocycles. The predicted octanol–water partition coefficient (Wildman–Crippen LogP) is 1.33. The Morgan fingerprint density at radius 1 is 1.00 bits per heavy atom. The van der Waals surface area contributed by atoms with E-state index in [1.54, 1.807) is 0 Å². The Bertz CT molecular complexity index is 687. The molecule has 5 nitrogen and oxygen atoms in total. The first-order valence-electron chi connectivity index (χ1n) is 7.39. The summed E-state index contributed by atoms with van der Waals surface area (Å²) in [5, 5.41) is 10.8. The molecule has 23 heavy (non-hydrogen) atoms. The molecule has 1 aromatic rings. The van der Waals surface area contributed by atoms with Crippen molar-refractivity contribution in [3.05, 3.63) is 29.8 Å². The number of fused-ring (bicyclic) bond motifs is 5. The molecule has 2 aliphatic carbocycles. The van der Waals surface area contributed by atoms with Gasteiger partial charge in [-0.1, -0.05) is 44.0 Å². The molecule has 1 aliphatic heterocycles. The maximum Gasteiger partial charge on any atom is 0.238 e. The lowest BCUT2D eigenvalue weighted by molar-refractivity contribution is -0.255. The average Bonchev–Trinajstić information content (AvgIpc) is 3.12. The molecule has 1 saturated heterocycles. The maximum absolute atomic E-state index is 12.8. The molecule has 2 bridgehead atoms. The number of benzene rings is 1. The van der Waals surface area contributed by atoms with E-state index < -0.39 is 5.97 Å². The molecule has 7 heteroatoms. The van der Waals surface area contributed by atoms with E-state index in [9.17, 15) is 19.5 Å². The highest BCUT2D eigenvalue weighted by molar-refractivity contribution is 9.12. The zero-order valence-electron chi connectivity index (χ0n) is 11.8. The molecule has 0 N–H and O–H groups in total. The minimum atomic E-state index is -1.28. The molecular weight excluding hydrogens is 430 g/mol. The molecule has 3 fully saturated rings. The van der Waals surface area contributed by atoms with Crippen LogP contribution in [0.5, 0.6) is 0 Å². The Morgan fingerprint density at radius 3 is 1.91 bits per heavy atom. The average molecular weight is 442 g/mol. The molecule has 1 aromatic carbocycles. The van der Waals surface area contributed by atoms with Gasteiger partial charge in [0.1, 0.15) is 0 Å². The summed E-state index contributed by atoms with van der Waals surface area (Å²) in [6.45, 7) is 0. The smallest absolute Gasteiger partial charge is 0.238 e. The van der Waals surface area contributed by atoms with E-state index in [1.165, 1.54) is 29.2 Å². The van der Waals surface area contributed by atoms with Crippen molar-refractivity contribution in [3.8, 4) is 0 Å². The number of carboxylic acids is 1. The summed E-state index contributed by atoms with van der Waals surface area (Å²) < 4.78 is 0. The van der Waals surface area contributed by atoms with Crippen LogP contribution in [-0.2, 0) is 9.59 Å². The number of alkyl halides is 2. The fourth-order valence-corrected chi connectivity index (χ4v) is 6.22. The van der Waals surface area contributed by atoms with E-state index in [4.69, 9.17) is 0 Å². The highest BCUT2D eigenvalue weighted by atomic mass is 79.9. The van der Waals surface area contributed by atoms with E-state index in [-0.39, 0.29) is 50.7 Å². The van der Waals surface area contributed by atoms with Gasteiger partial charge in [0.25, 0.3) is 0 Å². The van der Waals surface area contributed by atoms with E-state index >= 15 is 0 Å². The van der Waals surface area contributed by atoms with Gasteiger partial charge < -0.3 is 9.90 Å². The number of halogens is 2. The Hall–Kier alpha value is -1.21. The Kier molecular flexibility index (Phi) is 3.43. The van der Waals surface area contributed by atoms with Crippen LogP contribution in [0.4, 0.5) is 5.69 Å². The minimum Gasteiger partial charge on any atom is -0.545 e. The number of hydrogen-bond donors (Lipinski definition) is 0. The van der Waals surface area contributed by atoms with Crippen LogP contribution < -0.4 is 10.0 Å². The molecular formula is C16H12Br2NO4-. The number of hydrogen-bond acceptors (Lipinski definition) is 4. The predicted molar refractivity (Wildman–Crippen MR) is 87.3 cm³/mol. The monoisotopic (exact) mass is 440 g/mol. The largest absolute Gasteiger partial charge is 0.545 e. The number of carboxylic acid groups (broad SMARTS) is 1. The summed E-state index contributed by atoms with van der Waals surface area (Å²) in [7, 11) is 0. The van der Waals surface area contributed by atoms with E-state index in [0.29, 0.717) is 5.69 Å². The van der Waals surface area contributed by atoms with Gasteiger partial charge in [0.05, 0.1) is 23.5 Å². The van der Waals surface area contributed by atoms with Crippen molar-refractivity contribution < 1.29 is 19.5 Å². The van der Waals surface area contributed by atoms with Gasteiger partial charge in [0.2, 0.25) is 11.8 Å². The van der Waals surface area contributed by atoms with Crippen LogP contribution in [0.1, 0.15) is 16.8 Å². The third-order valence-electron chi connectivity index (χ3n) is 5.35. The van der Waals surface area contributed by atoms with E-state index in [0.717, 1.165) is 6.42 Å². The molecule has 0 aromatic heterocycles. The maximum atomic E-state index is 12.8. The molecule has 0 spiro atoms. The Balaban J connectivity index is 1.68. The van der Waals surface area contributed by atoms with Gasteiger partial charge in [0, 0.05) is 9.65 Å². The number of carbonyl (C=O) groups is 3. The van der Waals surface area contributed by atoms with Gasteiger partial charge in [-0.25, -0.2) is 0 Å². The summed E-state index contributed by atoms with van der Waals surface area (Å²) in [5.41, 5.74) is 0.449. The molecule has 1 heterocycles. The number of imide groups is 1. The van der Waals surface area contributed by atoms with E-state index in [1.807, 2.05) is 0 Å². The SMILES string of the molecule is O=C([O-])c1ccc(N2C(=O)[C@H]3[C@@H]4C[C@@H]([C@@H](Br)[C@H]4Br)[C@@H]3C2=O)cc1. The number of rotatable bonds is 2. The van der Waals surface area contributed by atoms with Gasteiger partial charge >= 0.3 is 0 Å². The van der Waals surface area contributed by atoms with Crippen molar-refractivity contribution in [1.82, 2.24) is 0 Å². The number of anilines is 1. The second-order valence-electron chi connectivity index (χ2n) is 6.35. The standard InChI is InChI=1S/C16H13Br2NO4/c17-12-8-5-9(13(12)18)11-10(8)14(20)19(15(11)21)7-3-1-6(2-4-7)16(22)23/h1-4,8-13H,5H2,(H,22,23)/p-1/t8-,9+,10-,11-,12-,13+/m0/s1. The normalized spacial score (nSPS) is 38.3. The van der Waals surface area contributed by atoms with Gasteiger partial charge in [-0.2, -0.15) is 0 Å². The van der Waals surface area contributed by atoms with Crippen LogP contribution in [0.3, 0.4) is 0 Å². The summed E-state index contributed by atoms with van der Waals surface area (Å²) >= 11 is 7.29. The van der Waals surface area contributed by atoms with Crippen molar-refractivity contribution in [2.75, 3.05) is 4.90 Å². The van der Waals surface area contributed by atoms with Crippen LogP contribution in [0.2, 0.25) is 0 Å². The summed E-state index contributed by atoms with van der Waals surface area (Å²) in [6.07, 6.45) is 0.885. The zero-order valence-corrected chi connectivity index (χ0v) is 15.0. The highest BCUT2D eigenvalue weighted by Gasteiger charge is 2.66. The number of aromatic carboxylic acids is 1. The lowest BCUT2D eigenvalue weighted by Crippen LogP contribution is -2.37. The fourth-order valence-electron chi connectivity index (χ4n) is 4.35. The zero-order chi connectivity index (χ0) is 16.5. The summed E-state index contributed by atoms with van der Waals surface area (Å²) in [6, 6.07) is 5.69. The second kappa shape index (κ2) is 5.14. The van der Waals surface area contributed by atoms with Crippen LogP contribution in [0.15, 0.2) is 24.3 Å². The van der Waals surface area contributed by atoms with Gasteiger partial charge in [-0.15, -0.1) is 0 Å². The third-order valence-corrected chi connectivity index (χ3v) is 8.55. The van der Waals surface area contributed by atoms with Crippen LogP contribution in [-0.4, -0.2) is 27.4 Å². The minimum absolute atomic E-state index is 0.0224. The third kappa shape index (κ3) is 1.99. The number of nitrogens with zero attached hydrogens (tertiary/aromatic N) is 1. The highest BCUT2D eigenvalue weighted by Crippen LogP contribution is 2.60. The molecule has 3 aliphatic rings. The molecule has 0 radical (unpaired) electrons. The fraction of sp³-hybridized carbons (Fsp3) is 0.438. The van der Waals surface area contributed by atoms with Crippen molar-refractivity contribution in [1.29, 1.82) is 0 Å². The van der Waals surface area contributed by atoms with Gasteiger partial charge in [-0.05, 0) is 36.0 Å². The molecule has 0 unspecified atom stereocenters. The van der Waals surface area contributed by atoms with Crippen molar-refractivity contribution in [2.45, 2.75) is 16.1 Å². The van der Waals surface area contributed by atoms with Crippen molar-refractivity contribution >= 4 is 55.3 Å². The summed E-state index contributed by atoms with van der Waals surface area (Å²) in [5.74, 6) is -1.83. The van der Waals surface area contributed by atoms with E-state index in [2.05, 4.69) is 31.9 Å². The first-order chi connectivity index (χ1) is 10.9. The van der Waals surface area contributed by atoms with Crippen LogP contribution in [0.25, 0.3) is 0 Å².